The third kappa shape index (κ3) is 3.50. The van der Waals surface area contributed by atoms with Crippen molar-refractivity contribution in [1.82, 2.24) is 14.7 Å². The topological polar surface area (TPSA) is 88.2 Å². The molecule has 1 atom stereocenters. The van der Waals surface area contributed by atoms with Crippen LogP contribution in [0.15, 0.2) is 71.4 Å². The van der Waals surface area contributed by atoms with E-state index in [-0.39, 0.29) is 11.7 Å². The van der Waals surface area contributed by atoms with E-state index < -0.39 is 11.8 Å². The summed E-state index contributed by atoms with van der Waals surface area (Å²) in [7, 11) is 1.39. The molecule has 2 aliphatic rings. The third-order valence-electron chi connectivity index (χ3n) is 6.18. The van der Waals surface area contributed by atoms with E-state index in [9.17, 15) is 14.9 Å². The predicted octanol–water partition coefficient (Wildman–Crippen LogP) is 4.08. The molecular formula is C27H22N4O3. The Balaban J connectivity index is 1.70. The summed E-state index contributed by atoms with van der Waals surface area (Å²) in [5.74, 6) is -0.162. The molecular weight excluding hydrogens is 428 g/mol. The van der Waals surface area contributed by atoms with Crippen LogP contribution in [0.1, 0.15) is 25.0 Å². The number of aromatic nitrogens is 2. The highest BCUT2D eigenvalue weighted by Crippen LogP contribution is 2.35. The molecule has 1 aromatic heterocycles. The average molecular weight is 450 g/mol. The first-order valence-corrected chi connectivity index (χ1v) is 11.0. The molecule has 0 saturated carbocycles. The van der Waals surface area contributed by atoms with Gasteiger partial charge in [0.25, 0.3) is 11.8 Å². The third-order valence-corrected chi connectivity index (χ3v) is 6.18. The van der Waals surface area contributed by atoms with Crippen molar-refractivity contribution in [2.24, 2.45) is 0 Å². The molecule has 0 unspecified atom stereocenters. The monoisotopic (exact) mass is 450 g/mol. The van der Waals surface area contributed by atoms with Gasteiger partial charge in [-0.3, -0.25) is 14.5 Å². The number of nitriles is 1. The van der Waals surface area contributed by atoms with E-state index in [1.165, 1.54) is 7.05 Å². The number of hydrogen-bond acceptors (Lipinski definition) is 5. The van der Waals surface area contributed by atoms with Gasteiger partial charge in [0.1, 0.15) is 23.5 Å². The van der Waals surface area contributed by atoms with E-state index >= 15 is 0 Å². The van der Waals surface area contributed by atoms with Crippen LogP contribution >= 0.6 is 0 Å². The van der Waals surface area contributed by atoms with Gasteiger partial charge in [0.15, 0.2) is 0 Å². The van der Waals surface area contributed by atoms with Crippen LogP contribution in [-0.2, 0) is 16.0 Å². The molecule has 3 heterocycles. The quantitative estimate of drug-likeness (QED) is 0.443. The summed E-state index contributed by atoms with van der Waals surface area (Å²) in [6.07, 6.45) is 4.51. The number of rotatable bonds is 3. The number of hydrogen-bond donors (Lipinski definition) is 0. The van der Waals surface area contributed by atoms with Crippen LogP contribution in [0.3, 0.4) is 0 Å². The summed E-state index contributed by atoms with van der Waals surface area (Å²) in [6.45, 7) is 3.66. The van der Waals surface area contributed by atoms with E-state index in [4.69, 9.17) is 9.84 Å². The van der Waals surface area contributed by atoms with E-state index in [0.717, 1.165) is 33.9 Å². The number of carbonyl (C=O) groups is 2. The van der Waals surface area contributed by atoms with Crippen LogP contribution in [0.25, 0.3) is 23.0 Å². The first-order valence-electron chi connectivity index (χ1n) is 11.0. The molecule has 0 aliphatic carbocycles. The van der Waals surface area contributed by atoms with Crippen molar-refractivity contribution in [1.29, 1.82) is 5.26 Å². The molecule has 0 spiro atoms. The van der Waals surface area contributed by atoms with E-state index in [1.807, 2.05) is 61.7 Å². The minimum atomic E-state index is -0.588. The van der Waals surface area contributed by atoms with Gasteiger partial charge in [-0.1, -0.05) is 18.2 Å². The van der Waals surface area contributed by atoms with Gasteiger partial charge < -0.3 is 4.74 Å². The molecule has 2 aliphatic heterocycles. The zero-order valence-corrected chi connectivity index (χ0v) is 19.1. The van der Waals surface area contributed by atoms with Gasteiger partial charge in [0.05, 0.1) is 11.4 Å². The summed E-state index contributed by atoms with van der Waals surface area (Å²) < 4.78 is 7.61. The van der Waals surface area contributed by atoms with Gasteiger partial charge in [0, 0.05) is 36.4 Å². The molecule has 0 N–H and O–H groups in total. The molecule has 7 nitrogen and oxygen atoms in total. The summed E-state index contributed by atoms with van der Waals surface area (Å²) in [5.41, 5.74) is 4.91. The number of imide groups is 1. The molecule has 0 fully saturated rings. The van der Waals surface area contributed by atoms with Crippen LogP contribution < -0.4 is 4.74 Å². The second-order valence-corrected chi connectivity index (χ2v) is 8.51. The second kappa shape index (κ2) is 8.16. The Morgan fingerprint density at radius 3 is 2.65 bits per heavy atom. The highest BCUT2D eigenvalue weighted by molar-refractivity contribution is 6.19. The molecule has 0 saturated heterocycles. The largest absolute Gasteiger partial charge is 0.490 e. The maximum Gasteiger partial charge on any atom is 0.271 e. The maximum absolute atomic E-state index is 13.0. The molecule has 3 aromatic rings. The number of ether oxygens (including phenoxy) is 1. The number of amides is 2. The lowest BCUT2D eigenvalue weighted by molar-refractivity contribution is -0.138. The molecule has 2 amide bonds. The maximum atomic E-state index is 13.0. The minimum absolute atomic E-state index is 0.0333. The zero-order valence-electron chi connectivity index (χ0n) is 19.1. The van der Waals surface area contributed by atoms with Crippen molar-refractivity contribution >= 4 is 17.9 Å². The number of fused-ring (bicyclic) bond motifs is 1. The lowest BCUT2D eigenvalue weighted by Gasteiger charge is -2.23. The predicted molar refractivity (Wildman–Crippen MR) is 127 cm³/mol. The number of benzene rings is 2. The first kappa shape index (κ1) is 21.4. The highest BCUT2D eigenvalue weighted by atomic mass is 16.5. The standard InChI is InChI=1S/C27H22N4O3/c1-16-11-19-12-18(9-10-24(19)34-16)25-20(15-31(29-25)21-7-5-4-6-8-21)13-22-17(2)23(14-28)27(33)30(3)26(22)32/h4-10,12-13,15-16H,11H2,1-3H3/b22-13+/t16-/m1/s1. The smallest absolute Gasteiger partial charge is 0.271 e. The van der Waals surface area contributed by atoms with Crippen molar-refractivity contribution in [3.05, 3.63) is 82.6 Å². The number of likely N-dealkylation sites (N-methyl/N-ethyl adjacent to an activating group) is 1. The zero-order chi connectivity index (χ0) is 24.0. The van der Waals surface area contributed by atoms with Gasteiger partial charge in [-0.15, -0.1) is 0 Å². The van der Waals surface area contributed by atoms with Crippen LogP contribution in [0.2, 0.25) is 0 Å². The average Bonchev–Trinajstić information content (AvgIpc) is 3.43. The Morgan fingerprint density at radius 1 is 1.15 bits per heavy atom. The number of para-hydroxylation sites is 1. The van der Waals surface area contributed by atoms with Gasteiger partial charge in [-0.2, -0.15) is 10.4 Å². The van der Waals surface area contributed by atoms with Crippen LogP contribution in [0.4, 0.5) is 0 Å². The molecule has 0 bridgehead atoms. The van der Waals surface area contributed by atoms with E-state index in [1.54, 1.807) is 17.7 Å². The van der Waals surface area contributed by atoms with Gasteiger partial charge in [0.2, 0.25) is 0 Å². The lowest BCUT2D eigenvalue weighted by Crippen LogP contribution is -2.39. The fourth-order valence-electron chi connectivity index (χ4n) is 4.35. The Kier molecular flexibility index (Phi) is 5.14. The van der Waals surface area contributed by atoms with Crippen LogP contribution in [0.5, 0.6) is 5.75 Å². The molecule has 34 heavy (non-hydrogen) atoms. The fraction of sp³-hybridized carbons (Fsp3) is 0.185. The molecule has 5 rings (SSSR count). The lowest BCUT2D eigenvalue weighted by atomic mass is 9.93. The minimum Gasteiger partial charge on any atom is -0.490 e. The molecule has 2 aromatic carbocycles. The fourth-order valence-corrected chi connectivity index (χ4v) is 4.35. The van der Waals surface area contributed by atoms with Crippen molar-refractivity contribution in [2.75, 3.05) is 7.05 Å². The van der Waals surface area contributed by atoms with Gasteiger partial charge in [-0.25, -0.2) is 4.68 Å². The van der Waals surface area contributed by atoms with Gasteiger partial charge >= 0.3 is 0 Å². The highest BCUT2D eigenvalue weighted by Gasteiger charge is 2.33. The SMILES string of the molecule is CC1=C(C#N)C(=O)N(C)C(=O)/C1=C/c1cn(-c2ccccc2)nc1-c1ccc2c(c1)C[C@@H](C)O2. The summed E-state index contributed by atoms with van der Waals surface area (Å²) in [5, 5.41) is 14.3. The normalized spacial score (nSPS) is 18.8. The molecule has 0 radical (unpaired) electrons. The Labute approximate surface area is 197 Å². The van der Waals surface area contributed by atoms with Gasteiger partial charge in [-0.05, 0) is 61.4 Å². The van der Waals surface area contributed by atoms with Crippen molar-refractivity contribution in [3.8, 4) is 28.8 Å². The van der Waals surface area contributed by atoms with Crippen molar-refractivity contribution in [3.63, 3.8) is 0 Å². The second-order valence-electron chi connectivity index (χ2n) is 8.51. The first-order chi connectivity index (χ1) is 16.4. The Morgan fingerprint density at radius 2 is 1.91 bits per heavy atom. The Bertz CT molecular complexity index is 1440. The summed E-state index contributed by atoms with van der Waals surface area (Å²) >= 11 is 0. The van der Waals surface area contributed by atoms with E-state index in [0.29, 0.717) is 22.4 Å². The molecule has 168 valence electrons. The molecule has 7 heteroatoms. The number of nitrogens with zero attached hydrogens (tertiary/aromatic N) is 4. The van der Waals surface area contributed by atoms with Crippen LogP contribution in [0, 0.1) is 11.3 Å². The van der Waals surface area contributed by atoms with Crippen LogP contribution in [-0.4, -0.2) is 39.6 Å². The van der Waals surface area contributed by atoms with Crippen molar-refractivity contribution < 1.29 is 14.3 Å². The summed E-state index contributed by atoms with van der Waals surface area (Å²) in [4.78, 5) is 26.3. The van der Waals surface area contributed by atoms with E-state index in [2.05, 4.69) is 6.07 Å². The number of carbonyl (C=O) groups excluding carboxylic acids is 2. The summed E-state index contributed by atoms with van der Waals surface area (Å²) in [6, 6.07) is 17.6. The van der Waals surface area contributed by atoms with Crippen molar-refractivity contribution in [2.45, 2.75) is 26.4 Å². The Hall–Kier alpha value is -4.44.